The Morgan fingerprint density at radius 3 is 1.35 bits per heavy atom. The molecule has 17 nitrogen and oxygen atoms in total. The number of aliphatic hydroxyl groups excluding tert-OH is 7. The van der Waals surface area contributed by atoms with Crippen molar-refractivity contribution in [3.05, 3.63) is 117 Å². The van der Waals surface area contributed by atoms with E-state index in [0.717, 1.165) is 57.9 Å². The second kappa shape index (κ2) is 24.8. The van der Waals surface area contributed by atoms with Gasteiger partial charge in [-0.15, -0.1) is 0 Å². The minimum Gasteiger partial charge on any atom is -0.486 e. The first-order valence-corrected chi connectivity index (χ1v) is 24.8. The summed E-state index contributed by atoms with van der Waals surface area (Å²) in [5.41, 5.74) is 7.83. The molecule has 2 saturated heterocycles. The summed E-state index contributed by atoms with van der Waals surface area (Å²) < 4.78 is 62.7. The van der Waals surface area contributed by atoms with Gasteiger partial charge in [0.05, 0.1) is 26.4 Å². The molecule has 7 N–H and O–H groups in total. The number of benzene rings is 4. The first-order valence-electron chi connectivity index (χ1n) is 23.3. The van der Waals surface area contributed by atoms with Gasteiger partial charge in [0.1, 0.15) is 87.5 Å². The molecule has 0 spiro atoms. The van der Waals surface area contributed by atoms with Crippen LogP contribution >= 0.6 is 7.82 Å². The Balaban J connectivity index is 0.000000229. The minimum atomic E-state index is -3.86. The molecule has 18 heteroatoms. The number of ether oxygens (including phenoxy) is 6. The predicted molar refractivity (Wildman–Crippen MR) is 254 cm³/mol. The maximum atomic E-state index is 12.7. The van der Waals surface area contributed by atoms with Gasteiger partial charge in [0, 0.05) is 0 Å². The molecule has 4 aromatic rings. The van der Waals surface area contributed by atoms with Crippen molar-refractivity contribution in [1.82, 2.24) is 0 Å². The molecule has 10 atom stereocenters. The fourth-order valence-electron chi connectivity index (χ4n) is 8.83. The summed E-state index contributed by atoms with van der Waals surface area (Å²) in [7, 11) is -3.86. The molecule has 0 aliphatic carbocycles. The Kier molecular flexibility index (Phi) is 19.5. The van der Waals surface area contributed by atoms with Crippen molar-refractivity contribution in [3.8, 4) is 23.0 Å². The van der Waals surface area contributed by atoms with Crippen LogP contribution < -0.4 is 18.9 Å². The molecule has 0 aromatic heterocycles. The summed E-state index contributed by atoms with van der Waals surface area (Å²) in [5, 5.41) is 72.1. The maximum absolute atomic E-state index is 12.7. The summed E-state index contributed by atoms with van der Waals surface area (Å²) in [5.74, 6) is 2.92. The highest BCUT2D eigenvalue weighted by Crippen LogP contribution is 2.50. The Hall–Kier alpha value is -4.17. The zero-order valence-corrected chi connectivity index (χ0v) is 39.7. The fourth-order valence-corrected chi connectivity index (χ4v) is 10.0. The fraction of sp³-hybridized carbons (Fsp3) is 0.529. The highest BCUT2D eigenvalue weighted by Gasteiger charge is 2.46. The monoisotopic (exact) mass is 984 g/mol. The van der Waals surface area contributed by atoms with Crippen molar-refractivity contribution in [2.45, 2.75) is 122 Å². The average molecular weight is 985 g/mol. The van der Waals surface area contributed by atoms with Crippen LogP contribution in [0, 0.1) is 0 Å². The molecule has 4 aliphatic rings. The van der Waals surface area contributed by atoms with E-state index in [1.54, 1.807) is 13.8 Å². The standard InChI is InChI=1S/C27H37O10P.C23H28O7.CH4/c1-4-18-8-9-19(15-20(18)13-17-7-10-21-22(14-17)33-12-11-32-21)27-26(30)25(29)24(28)23(37-27)16-36-38(31,34-5-2)35-6-3;1-2-14-4-5-15(23-22(27)21(26)20(25)19(12-24)30-23)11-16(14)9-13-3-6-17-18(10-13)29-8-7-28-17;/h7-10,14-15,23-30H,4-6,11-13,16H2,1-3H3;3-6,10-11,19-27H,2,7-9,12H2,1H3;1H4/t23-,24-,25+,26-,27+;19-,20-,21+,22-,23+;/m11./s1. The predicted octanol–water partition coefficient (Wildman–Crippen LogP) is 5.09. The lowest BCUT2D eigenvalue weighted by atomic mass is 9.88. The molecule has 380 valence electrons. The Morgan fingerprint density at radius 2 is 0.928 bits per heavy atom. The van der Waals surface area contributed by atoms with Crippen LogP contribution in [0.15, 0.2) is 72.8 Å². The van der Waals surface area contributed by atoms with E-state index < -0.39 is 75.5 Å². The maximum Gasteiger partial charge on any atom is 0.474 e. The van der Waals surface area contributed by atoms with Gasteiger partial charge in [-0.2, -0.15) is 0 Å². The molecular formula is C51H69O17P. The van der Waals surface area contributed by atoms with E-state index in [1.807, 2.05) is 72.8 Å². The summed E-state index contributed by atoms with van der Waals surface area (Å²) in [6, 6.07) is 23.3. The van der Waals surface area contributed by atoms with Crippen LogP contribution in [0.4, 0.5) is 0 Å². The first kappa shape index (κ1) is 54.2. The second-order valence-electron chi connectivity index (χ2n) is 17.0. The molecule has 8 rings (SSSR count). The largest absolute Gasteiger partial charge is 0.486 e. The van der Waals surface area contributed by atoms with Gasteiger partial charge in [-0.05, 0) is 108 Å². The smallest absolute Gasteiger partial charge is 0.474 e. The van der Waals surface area contributed by atoms with Gasteiger partial charge < -0.3 is 64.2 Å². The van der Waals surface area contributed by atoms with E-state index in [0.29, 0.717) is 56.1 Å². The second-order valence-corrected chi connectivity index (χ2v) is 18.6. The highest BCUT2D eigenvalue weighted by atomic mass is 31.2. The van der Waals surface area contributed by atoms with Crippen LogP contribution in [0.2, 0.25) is 0 Å². The summed E-state index contributed by atoms with van der Waals surface area (Å²) >= 11 is 0. The van der Waals surface area contributed by atoms with Crippen LogP contribution in [0.3, 0.4) is 0 Å². The Bertz CT molecular complexity index is 2320. The van der Waals surface area contributed by atoms with Gasteiger partial charge in [-0.3, -0.25) is 13.6 Å². The van der Waals surface area contributed by atoms with Crippen molar-refractivity contribution in [1.29, 1.82) is 0 Å². The molecule has 0 saturated carbocycles. The number of aliphatic hydroxyl groups is 7. The van der Waals surface area contributed by atoms with E-state index in [2.05, 4.69) is 13.8 Å². The SMILES string of the molecule is C.CCOP(=O)(OCC)OC[C@H]1O[C@@H](c2ccc(CC)c(Cc3ccc4c(c3)OCCO4)c2)[C@H](O)[C@@H](O)[C@@H]1O.CCc1ccc([C@@H]2O[C@H](CO)[C@@H](O)[C@H](O)[C@H]2O)cc1Cc1ccc2c(c1)OCCO2. The van der Waals surface area contributed by atoms with Crippen molar-refractivity contribution < 1.29 is 82.3 Å². The molecule has 4 aliphatic heterocycles. The summed E-state index contributed by atoms with van der Waals surface area (Å²) in [6.45, 7) is 8.96. The normalized spacial score (nSPS) is 26.3. The van der Waals surface area contributed by atoms with Crippen LogP contribution in [0.25, 0.3) is 0 Å². The van der Waals surface area contributed by atoms with Crippen molar-refractivity contribution >= 4 is 7.82 Å². The zero-order chi connectivity index (χ0) is 48.5. The molecule has 0 radical (unpaired) electrons. The number of hydrogen-bond acceptors (Lipinski definition) is 17. The molecule has 0 unspecified atom stereocenters. The summed E-state index contributed by atoms with van der Waals surface area (Å²) in [4.78, 5) is 0. The molecule has 0 bridgehead atoms. The van der Waals surface area contributed by atoms with Gasteiger partial charge in [0.15, 0.2) is 23.0 Å². The van der Waals surface area contributed by atoms with Gasteiger partial charge >= 0.3 is 7.82 Å². The third kappa shape index (κ3) is 12.8. The van der Waals surface area contributed by atoms with Gasteiger partial charge in [0.2, 0.25) is 0 Å². The van der Waals surface area contributed by atoms with Crippen molar-refractivity contribution in [2.24, 2.45) is 0 Å². The Labute approximate surface area is 404 Å². The molecule has 4 aromatic carbocycles. The van der Waals surface area contributed by atoms with E-state index in [-0.39, 0.29) is 27.2 Å². The molecule has 2 fully saturated rings. The third-order valence-corrected chi connectivity index (χ3v) is 14.1. The highest BCUT2D eigenvalue weighted by molar-refractivity contribution is 7.48. The van der Waals surface area contributed by atoms with Gasteiger partial charge in [-0.25, -0.2) is 4.57 Å². The number of phosphoric acid groups is 1. The third-order valence-electron chi connectivity index (χ3n) is 12.5. The number of fused-ring (bicyclic) bond motifs is 2. The van der Waals surface area contributed by atoms with Gasteiger partial charge in [-0.1, -0.05) is 69.8 Å². The van der Waals surface area contributed by atoms with Crippen molar-refractivity contribution in [2.75, 3.05) is 52.9 Å². The minimum absolute atomic E-state index is 0. The average Bonchev–Trinajstić information content (AvgIpc) is 3.35. The lowest BCUT2D eigenvalue weighted by molar-refractivity contribution is -0.231. The zero-order valence-electron chi connectivity index (χ0n) is 38.8. The van der Waals surface area contributed by atoms with Gasteiger partial charge in [0.25, 0.3) is 0 Å². The molecular weight excluding hydrogens is 916 g/mol. The van der Waals surface area contributed by atoms with E-state index in [4.69, 9.17) is 42.0 Å². The Morgan fingerprint density at radius 1 is 0.507 bits per heavy atom. The number of aryl methyl sites for hydroxylation is 2. The number of hydrogen-bond donors (Lipinski definition) is 7. The van der Waals surface area contributed by atoms with E-state index in [9.17, 15) is 40.3 Å². The van der Waals surface area contributed by atoms with E-state index >= 15 is 0 Å². The molecule has 4 heterocycles. The van der Waals surface area contributed by atoms with E-state index in [1.165, 1.54) is 5.56 Å². The summed E-state index contributed by atoms with van der Waals surface area (Å²) in [6.07, 6.45) is -9.31. The molecule has 69 heavy (non-hydrogen) atoms. The van der Waals surface area contributed by atoms with Crippen LogP contribution in [-0.4, -0.2) is 137 Å². The number of rotatable bonds is 16. The lowest BCUT2D eigenvalue weighted by Crippen LogP contribution is -2.55. The van der Waals surface area contributed by atoms with Crippen LogP contribution in [-0.2, 0) is 53.3 Å². The first-order chi connectivity index (χ1) is 32.8. The topological polar surface area (TPSA) is 242 Å². The molecule has 0 amide bonds. The lowest BCUT2D eigenvalue weighted by Gasteiger charge is -2.41. The quantitative estimate of drug-likeness (QED) is 0.0723. The van der Waals surface area contributed by atoms with Crippen molar-refractivity contribution in [3.63, 3.8) is 0 Å². The number of phosphoric ester groups is 1. The van der Waals surface area contributed by atoms with Crippen LogP contribution in [0.5, 0.6) is 23.0 Å². The van der Waals surface area contributed by atoms with Crippen LogP contribution in [0.1, 0.15) is 91.8 Å².